The third kappa shape index (κ3) is 3.68. The van der Waals surface area contributed by atoms with Crippen LogP contribution in [0.4, 0.5) is 0 Å². The Balaban J connectivity index is 1.94. The SMILES string of the molecule is CC1=C(C(=O)OC(C)C)[C@@H](c2cccs2)n2c(s/c(=C\c3sccc3C)c2=O)=N1. The zero-order chi connectivity index (χ0) is 20.7. The molecule has 4 rings (SSSR count). The summed E-state index contributed by atoms with van der Waals surface area (Å²) in [6, 6.07) is 5.37. The lowest BCUT2D eigenvalue weighted by Crippen LogP contribution is -2.39. The Morgan fingerprint density at radius 1 is 1.24 bits per heavy atom. The molecule has 0 saturated carbocycles. The number of esters is 1. The molecule has 0 aliphatic carbocycles. The van der Waals surface area contributed by atoms with Gasteiger partial charge in [0, 0.05) is 9.75 Å². The molecule has 3 aromatic rings. The van der Waals surface area contributed by atoms with Crippen LogP contribution in [0.2, 0.25) is 0 Å². The van der Waals surface area contributed by atoms with E-state index in [0.717, 1.165) is 15.3 Å². The molecule has 0 N–H and O–H groups in total. The fourth-order valence-corrected chi connectivity index (χ4v) is 6.01. The summed E-state index contributed by atoms with van der Waals surface area (Å²) in [5.74, 6) is -0.428. The van der Waals surface area contributed by atoms with Gasteiger partial charge in [0.05, 0.1) is 21.9 Å². The summed E-state index contributed by atoms with van der Waals surface area (Å²) in [5.41, 5.74) is 2.01. The van der Waals surface area contributed by atoms with E-state index < -0.39 is 12.0 Å². The van der Waals surface area contributed by atoms with Crippen LogP contribution in [-0.2, 0) is 9.53 Å². The van der Waals surface area contributed by atoms with Gasteiger partial charge in [-0.15, -0.1) is 22.7 Å². The lowest BCUT2D eigenvalue weighted by atomic mass is 10.0. The molecule has 5 nitrogen and oxygen atoms in total. The third-order valence-corrected chi connectivity index (χ3v) is 7.43. The summed E-state index contributed by atoms with van der Waals surface area (Å²) in [4.78, 5) is 33.4. The number of aryl methyl sites for hydroxylation is 1. The summed E-state index contributed by atoms with van der Waals surface area (Å²) < 4.78 is 7.73. The van der Waals surface area contributed by atoms with Gasteiger partial charge in [0.2, 0.25) is 0 Å². The smallest absolute Gasteiger partial charge is 0.338 e. The molecular weight excluding hydrogens is 424 g/mol. The van der Waals surface area contributed by atoms with E-state index in [9.17, 15) is 9.59 Å². The van der Waals surface area contributed by atoms with Crippen LogP contribution in [0.15, 0.2) is 50.0 Å². The van der Waals surface area contributed by atoms with Crippen molar-refractivity contribution < 1.29 is 9.53 Å². The van der Waals surface area contributed by atoms with Gasteiger partial charge in [0.25, 0.3) is 5.56 Å². The number of ether oxygens (including phenoxy) is 1. The van der Waals surface area contributed by atoms with Gasteiger partial charge in [-0.1, -0.05) is 17.4 Å². The molecule has 0 fully saturated rings. The molecule has 1 atom stereocenters. The first-order valence-corrected chi connectivity index (χ1v) is 11.8. The minimum atomic E-state index is -0.524. The first-order chi connectivity index (χ1) is 13.9. The highest BCUT2D eigenvalue weighted by Crippen LogP contribution is 2.33. The predicted octanol–water partition coefficient (Wildman–Crippen LogP) is 3.62. The number of nitrogens with zero attached hydrogens (tertiary/aromatic N) is 2. The zero-order valence-corrected chi connectivity index (χ0v) is 18.9. The van der Waals surface area contributed by atoms with Crippen molar-refractivity contribution in [1.82, 2.24) is 4.57 Å². The van der Waals surface area contributed by atoms with Gasteiger partial charge in [0.15, 0.2) is 4.80 Å². The Kier molecular flexibility index (Phi) is 5.42. The van der Waals surface area contributed by atoms with Crippen LogP contribution in [0.5, 0.6) is 0 Å². The Labute approximate surface area is 179 Å². The normalized spacial score (nSPS) is 16.9. The lowest BCUT2D eigenvalue weighted by Gasteiger charge is -2.24. The number of carbonyl (C=O) groups excluding carboxylic acids is 1. The van der Waals surface area contributed by atoms with E-state index in [1.807, 2.05) is 55.8 Å². The van der Waals surface area contributed by atoms with Crippen molar-refractivity contribution in [3.63, 3.8) is 0 Å². The molecule has 0 unspecified atom stereocenters. The first-order valence-electron chi connectivity index (χ1n) is 9.18. The van der Waals surface area contributed by atoms with Crippen LogP contribution in [0.3, 0.4) is 0 Å². The maximum absolute atomic E-state index is 13.4. The largest absolute Gasteiger partial charge is 0.459 e. The number of thiazole rings is 1. The molecule has 0 radical (unpaired) electrons. The number of hydrogen-bond acceptors (Lipinski definition) is 7. The van der Waals surface area contributed by atoms with Crippen molar-refractivity contribution in [2.45, 2.75) is 39.8 Å². The maximum Gasteiger partial charge on any atom is 0.338 e. The molecule has 0 spiro atoms. The van der Waals surface area contributed by atoms with Crippen molar-refractivity contribution in [2.24, 2.45) is 4.99 Å². The Morgan fingerprint density at radius 3 is 2.66 bits per heavy atom. The summed E-state index contributed by atoms with van der Waals surface area (Å²) in [6.45, 7) is 7.45. The van der Waals surface area contributed by atoms with Crippen molar-refractivity contribution >= 4 is 46.1 Å². The highest BCUT2D eigenvalue weighted by atomic mass is 32.1. The van der Waals surface area contributed by atoms with E-state index in [0.29, 0.717) is 20.6 Å². The summed E-state index contributed by atoms with van der Waals surface area (Å²) in [5, 5.41) is 3.96. The van der Waals surface area contributed by atoms with Crippen LogP contribution in [0, 0.1) is 6.92 Å². The second-order valence-electron chi connectivity index (χ2n) is 7.02. The highest BCUT2D eigenvalue weighted by Gasteiger charge is 2.34. The Bertz CT molecular complexity index is 1270. The Morgan fingerprint density at radius 2 is 2.03 bits per heavy atom. The second kappa shape index (κ2) is 7.85. The van der Waals surface area contributed by atoms with Gasteiger partial charge in [-0.25, -0.2) is 9.79 Å². The minimum absolute atomic E-state index is 0.137. The lowest BCUT2D eigenvalue weighted by molar-refractivity contribution is -0.143. The van der Waals surface area contributed by atoms with Crippen LogP contribution in [0.1, 0.15) is 42.1 Å². The molecule has 8 heteroatoms. The first kappa shape index (κ1) is 20.0. The molecule has 150 valence electrons. The number of hydrogen-bond donors (Lipinski definition) is 0. The molecule has 0 bridgehead atoms. The van der Waals surface area contributed by atoms with Crippen LogP contribution >= 0.6 is 34.0 Å². The molecule has 0 amide bonds. The number of thiophene rings is 2. The van der Waals surface area contributed by atoms with Crippen molar-refractivity contribution in [3.05, 3.63) is 75.2 Å². The average molecular weight is 445 g/mol. The van der Waals surface area contributed by atoms with E-state index in [1.54, 1.807) is 22.8 Å². The zero-order valence-electron chi connectivity index (χ0n) is 16.5. The van der Waals surface area contributed by atoms with Crippen LogP contribution in [0.25, 0.3) is 6.08 Å². The van der Waals surface area contributed by atoms with Gasteiger partial charge in [0.1, 0.15) is 6.04 Å². The van der Waals surface area contributed by atoms with Crippen molar-refractivity contribution in [3.8, 4) is 0 Å². The Hall–Kier alpha value is -2.29. The van der Waals surface area contributed by atoms with Crippen molar-refractivity contribution in [1.29, 1.82) is 0 Å². The van der Waals surface area contributed by atoms with E-state index in [4.69, 9.17) is 4.74 Å². The fourth-order valence-electron chi connectivity index (χ4n) is 3.23. The molecule has 4 heterocycles. The standard InChI is InChI=1S/C21H20N2O3S3/c1-11(2)26-20(25)17-13(4)22-21-23(18(17)14-6-5-8-27-14)19(24)16(29-21)10-15-12(3)7-9-28-15/h5-11,18H,1-4H3/b16-10-/t18-/m1/s1. The van der Waals surface area contributed by atoms with Crippen LogP contribution in [-0.4, -0.2) is 16.6 Å². The molecule has 1 aliphatic rings. The molecule has 0 aromatic carbocycles. The topological polar surface area (TPSA) is 60.7 Å². The average Bonchev–Trinajstić information content (AvgIpc) is 3.37. The fraction of sp³-hybridized carbons (Fsp3) is 0.286. The summed E-state index contributed by atoms with van der Waals surface area (Å²) in [7, 11) is 0. The van der Waals surface area contributed by atoms with Crippen LogP contribution < -0.4 is 14.9 Å². The third-order valence-electron chi connectivity index (χ3n) is 4.56. The predicted molar refractivity (Wildman–Crippen MR) is 118 cm³/mol. The summed E-state index contributed by atoms with van der Waals surface area (Å²) in [6.07, 6.45) is 1.67. The summed E-state index contributed by atoms with van der Waals surface area (Å²) >= 11 is 4.47. The molecule has 3 aromatic heterocycles. The molecule has 1 aliphatic heterocycles. The molecule has 29 heavy (non-hydrogen) atoms. The van der Waals surface area contributed by atoms with E-state index in [-0.39, 0.29) is 11.7 Å². The van der Waals surface area contributed by atoms with Gasteiger partial charge in [-0.05, 0) is 62.2 Å². The minimum Gasteiger partial charge on any atom is -0.459 e. The quantitative estimate of drug-likeness (QED) is 0.578. The number of rotatable bonds is 4. The number of aromatic nitrogens is 1. The van der Waals surface area contributed by atoms with Crippen molar-refractivity contribution in [2.75, 3.05) is 0 Å². The number of fused-ring (bicyclic) bond motifs is 1. The second-order valence-corrected chi connectivity index (χ2v) is 9.96. The van der Waals surface area contributed by atoms with Gasteiger partial charge < -0.3 is 4.74 Å². The number of carbonyl (C=O) groups is 1. The van der Waals surface area contributed by atoms with E-state index >= 15 is 0 Å². The molecular formula is C21H20N2O3S3. The van der Waals surface area contributed by atoms with Gasteiger partial charge in [-0.3, -0.25) is 9.36 Å². The highest BCUT2D eigenvalue weighted by molar-refractivity contribution is 7.11. The number of allylic oxidation sites excluding steroid dienone is 1. The van der Waals surface area contributed by atoms with Gasteiger partial charge in [-0.2, -0.15) is 0 Å². The van der Waals surface area contributed by atoms with E-state index in [2.05, 4.69) is 4.99 Å². The molecule has 0 saturated heterocycles. The monoisotopic (exact) mass is 444 g/mol. The van der Waals surface area contributed by atoms with Gasteiger partial charge >= 0.3 is 5.97 Å². The maximum atomic E-state index is 13.4. The van der Waals surface area contributed by atoms with E-state index in [1.165, 1.54) is 22.7 Å².